The molecule has 0 atom stereocenters. The number of alkyl halides is 2. The summed E-state index contributed by atoms with van der Waals surface area (Å²) in [4.78, 5) is 24.0. The van der Waals surface area contributed by atoms with E-state index in [2.05, 4.69) is 9.97 Å². The number of aromatic nitrogens is 4. The topological polar surface area (TPSA) is 94.6 Å². The van der Waals surface area contributed by atoms with Crippen molar-refractivity contribution in [1.82, 2.24) is 19.3 Å². The maximum absolute atomic E-state index is 13.1. The van der Waals surface area contributed by atoms with Crippen LogP contribution in [0.25, 0.3) is 27.7 Å². The summed E-state index contributed by atoms with van der Waals surface area (Å²) in [6, 6.07) is 9.62. The van der Waals surface area contributed by atoms with Gasteiger partial charge >= 0.3 is 6.61 Å². The third-order valence-corrected chi connectivity index (χ3v) is 5.97. The van der Waals surface area contributed by atoms with Gasteiger partial charge in [-0.15, -0.1) is 0 Å². The van der Waals surface area contributed by atoms with Gasteiger partial charge in [-0.3, -0.25) is 4.79 Å². The molecule has 35 heavy (non-hydrogen) atoms. The van der Waals surface area contributed by atoms with Crippen LogP contribution in [0.3, 0.4) is 0 Å². The molecule has 0 saturated carbocycles. The number of nitrogens with zero attached hydrogens (tertiary/aromatic N) is 5. The first-order valence-corrected chi connectivity index (χ1v) is 11.0. The number of benzene rings is 2. The van der Waals surface area contributed by atoms with Crippen molar-refractivity contribution < 1.29 is 23.4 Å². The molecule has 182 valence electrons. The number of rotatable bonds is 6. The Labute approximate surface area is 198 Å². The molecule has 4 aromatic rings. The highest BCUT2D eigenvalue weighted by Gasteiger charge is 2.19. The Morgan fingerprint density at radius 2 is 1.83 bits per heavy atom. The number of aliphatic hydroxyl groups excluding tert-OH is 1. The first-order chi connectivity index (χ1) is 17.0. The zero-order valence-corrected chi connectivity index (χ0v) is 18.9. The molecule has 0 unspecified atom stereocenters. The maximum atomic E-state index is 13.1. The average molecular weight is 483 g/mol. The fraction of sp³-hybridized carbons (Fsp3) is 0.292. The summed E-state index contributed by atoms with van der Waals surface area (Å²) < 4.78 is 39.1. The summed E-state index contributed by atoms with van der Waals surface area (Å²) in [5, 5.41) is 9.99. The van der Waals surface area contributed by atoms with Crippen molar-refractivity contribution in [3.63, 3.8) is 0 Å². The molecule has 1 fully saturated rings. The summed E-state index contributed by atoms with van der Waals surface area (Å²) in [5.41, 5.74) is 2.37. The number of hydrogen-bond donors (Lipinski definition) is 1. The van der Waals surface area contributed by atoms with Crippen molar-refractivity contribution in [3.8, 4) is 22.6 Å². The molecule has 5 rings (SSSR count). The lowest BCUT2D eigenvalue weighted by molar-refractivity contribution is -0.0499. The van der Waals surface area contributed by atoms with Gasteiger partial charge in [-0.25, -0.2) is 19.3 Å². The number of anilines is 1. The summed E-state index contributed by atoms with van der Waals surface area (Å²) in [6.07, 6.45) is 3.42. The van der Waals surface area contributed by atoms with Gasteiger partial charge < -0.3 is 19.5 Å². The van der Waals surface area contributed by atoms with Crippen LogP contribution in [0.4, 0.5) is 14.7 Å². The number of aliphatic hydroxyl groups is 1. The van der Waals surface area contributed by atoms with Gasteiger partial charge in [0.15, 0.2) is 5.75 Å². The Bertz CT molecular complexity index is 1410. The van der Waals surface area contributed by atoms with Gasteiger partial charge in [0.2, 0.25) is 5.95 Å². The largest absolute Gasteiger partial charge is 0.433 e. The van der Waals surface area contributed by atoms with Crippen LogP contribution in [0.15, 0.2) is 53.6 Å². The molecule has 1 aliphatic rings. The van der Waals surface area contributed by atoms with E-state index in [1.165, 1.54) is 27.6 Å². The molecule has 0 radical (unpaired) electrons. The van der Waals surface area contributed by atoms with Gasteiger partial charge in [0.05, 0.1) is 30.7 Å². The Morgan fingerprint density at radius 1 is 1.09 bits per heavy atom. The third-order valence-electron chi connectivity index (χ3n) is 5.97. The maximum Gasteiger partial charge on any atom is 0.387 e. The number of hydrogen-bond acceptors (Lipinski definition) is 7. The lowest BCUT2D eigenvalue weighted by atomic mass is 10.1. The summed E-state index contributed by atoms with van der Waals surface area (Å²) in [7, 11) is 1.54. The Balaban J connectivity index is 1.61. The normalized spacial score (nSPS) is 14.1. The summed E-state index contributed by atoms with van der Waals surface area (Å²) in [6.45, 7) is -0.655. The van der Waals surface area contributed by atoms with Crippen LogP contribution in [-0.4, -0.2) is 57.4 Å². The van der Waals surface area contributed by atoms with Gasteiger partial charge in [0, 0.05) is 38.1 Å². The Morgan fingerprint density at radius 3 is 2.51 bits per heavy atom. The molecule has 9 nitrogen and oxygen atoms in total. The first-order valence-electron chi connectivity index (χ1n) is 11.0. The Kier molecular flexibility index (Phi) is 6.18. The lowest BCUT2D eigenvalue weighted by Gasteiger charge is -2.26. The summed E-state index contributed by atoms with van der Waals surface area (Å²) >= 11 is 0. The SMILES string of the molecule is Cn1c(=O)c2ccc(-c3cnc(N4CCOCC4)nc3)cc2n1-c1cc(CO)ccc1OC(F)F. The average Bonchev–Trinajstić information content (AvgIpc) is 3.13. The molecule has 0 spiro atoms. The minimum Gasteiger partial charge on any atom is -0.433 e. The number of halogens is 2. The molecule has 1 saturated heterocycles. The van der Waals surface area contributed by atoms with E-state index < -0.39 is 6.61 Å². The van der Waals surface area contributed by atoms with Crippen LogP contribution < -0.4 is 15.2 Å². The van der Waals surface area contributed by atoms with Gasteiger partial charge in [-0.2, -0.15) is 8.78 Å². The van der Waals surface area contributed by atoms with Crippen molar-refractivity contribution >= 4 is 16.9 Å². The van der Waals surface area contributed by atoms with Crippen LogP contribution >= 0.6 is 0 Å². The Hall–Kier alpha value is -3.83. The third kappa shape index (κ3) is 4.35. The molecule has 2 aromatic carbocycles. The molecular formula is C24H23F2N5O4. The molecule has 1 aliphatic heterocycles. The number of fused-ring (bicyclic) bond motifs is 1. The van der Waals surface area contributed by atoms with E-state index in [1.54, 1.807) is 37.6 Å². The monoisotopic (exact) mass is 483 g/mol. The molecule has 2 aromatic heterocycles. The van der Waals surface area contributed by atoms with E-state index in [1.807, 2.05) is 4.90 Å². The molecule has 11 heteroatoms. The predicted octanol–water partition coefficient (Wildman–Crippen LogP) is 2.72. The minimum absolute atomic E-state index is 0.117. The molecule has 1 N–H and O–H groups in total. The van der Waals surface area contributed by atoms with Crippen molar-refractivity contribution in [3.05, 3.63) is 64.7 Å². The van der Waals surface area contributed by atoms with Gasteiger partial charge in [0.1, 0.15) is 5.69 Å². The van der Waals surface area contributed by atoms with Gasteiger partial charge in [0.25, 0.3) is 5.56 Å². The van der Waals surface area contributed by atoms with Crippen molar-refractivity contribution in [2.75, 3.05) is 31.2 Å². The van der Waals surface area contributed by atoms with Crippen LogP contribution in [0.1, 0.15) is 5.56 Å². The fourth-order valence-corrected chi connectivity index (χ4v) is 4.20. The zero-order chi connectivity index (χ0) is 24.5. The summed E-state index contributed by atoms with van der Waals surface area (Å²) in [5.74, 6) is 0.498. The van der Waals surface area contributed by atoms with Crippen LogP contribution in [-0.2, 0) is 18.4 Å². The van der Waals surface area contributed by atoms with Crippen LogP contribution in [0.5, 0.6) is 5.75 Å². The smallest absolute Gasteiger partial charge is 0.387 e. The quantitative estimate of drug-likeness (QED) is 0.451. The predicted molar refractivity (Wildman–Crippen MR) is 125 cm³/mol. The first kappa shape index (κ1) is 22.9. The van der Waals surface area contributed by atoms with E-state index in [9.17, 15) is 18.7 Å². The highest BCUT2D eigenvalue weighted by atomic mass is 19.3. The van der Waals surface area contributed by atoms with Crippen molar-refractivity contribution in [2.24, 2.45) is 7.05 Å². The van der Waals surface area contributed by atoms with E-state index in [0.29, 0.717) is 35.6 Å². The van der Waals surface area contributed by atoms with Crippen molar-refractivity contribution in [1.29, 1.82) is 0 Å². The van der Waals surface area contributed by atoms with E-state index >= 15 is 0 Å². The second-order valence-electron chi connectivity index (χ2n) is 8.08. The highest BCUT2D eigenvalue weighted by molar-refractivity contribution is 5.86. The molecule has 0 aliphatic carbocycles. The highest BCUT2D eigenvalue weighted by Crippen LogP contribution is 2.31. The molecule has 3 heterocycles. The second kappa shape index (κ2) is 9.43. The van der Waals surface area contributed by atoms with Gasteiger partial charge in [-0.1, -0.05) is 12.1 Å². The van der Waals surface area contributed by atoms with Gasteiger partial charge in [-0.05, 0) is 35.4 Å². The molecule has 0 bridgehead atoms. The molecule has 0 amide bonds. The minimum atomic E-state index is -3.05. The van der Waals surface area contributed by atoms with E-state index in [4.69, 9.17) is 9.47 Å². The van der Waals surface area contributed by atoms with Crippen LogP contribution in [0, 0.1) is 0 Å². The van der Waals surface area contributed by atoms with E-state index in [0.717, 1.165) is 24.2 Å². The fourth-order valence-electron chi connectivity index (χ4n) is 4.20. The second-order valence-corrected chi connectivity index (χ2v) is 8.08. The van der Waals surface area contributed by atoms with Crippen LogP contribution in [0.2, 0.25) is 0 Å². The van der Waals surface area contributed by atoms with E-state index in [-0.39, 0.29) is 23.6 Å². The number of morpholine rings is 1. The zero-order valence-electron chi connectivity index (χ0n) is 18.9. The standard InChI is InChI=1S/C24H23F2N5O4/c1-29-22(33)18-4-3-16(17-12-27-24(28-13-17)30-6-8-34-9-7-30)11-19(18)31(29)20-10-15(14-32)2-5-21(20)35-23(25)26/h2-5,10-13,23,32H,6-9,14H2,1H3. The van der Waals surface area contributed by atoms with Crippen molar-refractivity contribution in [2.45, 2.75) is 13.2 Å². The molecular weight excluding hydrogens is 460 g/mol. The lowest BCUT2D eigenvalue weighted by Crippen LogP contribution is -2.37. The number of ether oxygens (including phenoxy) is 2.